The van der Waals surface area contributed by atoms with Crippen LogP contribution in [-0.4, -0.2) is 35.4 Å². The maximum Gasteiger partial charge on any atom is 0.311 e. The third-order valence-electron chi connectivity index (χ3n) is 8.01. The first-order valence-corrected chi connectivity index (χ1v) is 12.0. The van der Waals surface area contributed by atoms with E-state index in [4.69, 9.17) is 9.47 Å². The van der Waals surface area contributed by atoms with E-state index in [0.717, 1.165) is 19.3 Å². The number of hydrogen-bond acceptors (Lipinski definition) is 5. The lowest BCUT2D eigenvalue weighted by atomic mass is 9.62. The van der Waals surface area contributed by atoms with Gasteiger partial charge in [-0.05, 0) is 62.4 Å². The van der Waals surface area contributed by atoms with Crippen LogP contribution in [0.15, 0.2) is 23.8 Å². The number of aliphatic hydroxyl groups is 1. The maximum atomic E-state index is 13.0. The Morgan fingerprint density at radius 2 is 1.94 bits per heavy atom. The second-order valence-electron chi connectivity index (χ2n) is 10.7. The van der Waals surface area contributed by atoms with Gasteiger partial charge in [0.15, 0.2) is 0 Å². The van der Waals surface area contributed by atoms with E-state index in [1.807, 2.05) is 20.8 Å². The third-order valence-corrected chi connectivity index (χ3v) is 8.01. The summed E-state index contributed by atoms with van der Waals surface area (Å²) in [6, 6.07) is 0. The van der Waals surface area contributed by atoms with E-state index in [-0.39, 0.29) is 42.4 Å². The van der Waals surface area contributed by atoms with Crippen LogP contribution >= 0.6 is 0 Å². The zero-order valence-electron chi connectivity index (χ0n) is 20.0. The van der Waals surface area contributed by atoms with Crippen LogP contribution in [0.5, 0.6) is 0 Å². The van der Waals surface area contributed by atoms with Crippen LogP contribution < -0.4 is 0 Å². The molecule has 0 radical (unpaired) electrons. The molecule has 2 aliphatic carbocycles. The summed E-state index contributed by atoms with van der Waals surface area (Å²) in [4.78, 5) is 24.8. The largest absolute Gasteiger partial charge is 0.462 e. The molecule has 0 aromatic carbocycles. The molecule has 1 aliphatic heterocycles. The summed E-state index contributed by atoms with van der Waals surface area (Å²) in [6.07, 6.45) is 8.73. The minimum Gasteiger partial charge on any atom is -0.462 e. The van der Waals surface area contributed by atoms with Crippen molar-refractivity contribution in [3.05, 3.63) is 23.8 Å². The van der Waals surface area contributed by atoms with Gasteiger partial charge in [0, 0.05) is 12.3 Å². The molecule has 3 aliphatic rings. The third kappa shape index (κ3) is 5.24. The topological polar surface area (TPSA) is 72.8 Å². The Morgan fingerprint density at radius 3 is 2.58 bits per heavy atom. The number of carbonyl (C=O) groups excluding carboxylic acids is 2. The Bertz CT molecular complexity index is 736. The minimum absolute atomic E-state index is 0.0925. The van der Waals surface area contributed by atoms with Crippen LogP contribution in [0.4, 0.5) is 0 Å². The molecular formula is C26H40O5. The molecule has 5 nitrogen and oxygen atoms in total. The number of rotatable bonds is 6. The van der Waals surface area contributed by atoms with Crippen LogP contribution in [0.2, 0.25) is 0 Å². The molecule has 1 fully saturated rings. The monoisotopic (exact) mass is 432 g/mol. The SMILES string of the molecule is CCC(C)(C)C(=O)O[C@@H]1[C@H](C)[C@@H](C)C=C2C=C[C@H](C)[C@H](CC[C@@H]3C[C@@H](O)CC(=O)O3)[C@H]21. The van der Waals surface area contributed by atoms with Crippen molar-refractivity contribution in [3.8, 4) is 0 Å². The smallest absolute Gasteiger partial charge is 0.311 e. The normalized spacial score (nSPS) is 38.2. The molecule has 31 heavy (non-hydrogen) atoms. The van der Waals surface area contributed by atoms with Crippen LogP contribution in [0.3, 0.4) is 0 Å². The number of ether oxygens (including phenoxy) is 2. The standard InChI is InChI=1S/C26H40O5/c1-7-26(5,6)25(29)31-24-17(4)16(3)12-18-9-8-15(2)21(23(18)24)11-10-20-13-19(27)14-22(28)30-20/h8-9,12,15-17,19-21,23-24,27H,7,10-11,13-14H2,1-6H3/t15-,16-,17+,19+,20+,21-,23-,24+/m0/s1. The van der Waals surface area contributed by atoms with Crippen molar-refractivity contribution in [2.75, 3.05) is 0 Å². The predicted octanol–water partition coefficient (Wildman–Crippen LogP) is 4.83. The van der Waals surface area contributed by atoms with Gasteiger partial charge >= 0.3 is 11.9 Å². The summed E-state index contributed by atoms with van der Waals surface area (Å²) < 4.78 is 11.8. The van der Waals surface area contributed by atoms with Crippen LogP contribution in [-0.2, 0) is 19.1 Å². The summed E-state index contributed by atoms with van der Waals surface area (Å²) >= 11 is 0. The van der Waals surface area contributed by atoms with E-state index >= 15 is 0 Å². The fraction of sp³-hybridized carbons (Fsp3) is 0.769. The van der Waals surface area contributed by atoms with Gasteiger partial charge in [-0.2, -0.15) is 0 Å². The van der Waals surface area contributed by atoms with Crippen molar-refractivity contribution in [2.24, 2.45) is 35.0 Å². The number of cyclic esters (lactones) is 1. The van der Waals surface area contributed by atoms with Crippen LogP contribution in [0, 0.1) is 35.0 Å². The molecule has 0 bridgehead atoms. The Labute approximate surface area is 187 Å². The molecule has 8 atom stereocenters. The molecular weight excluding hydrogens is 392 g/mol. The van der Waals surface area contributed by atoms with E-state index in [0.29, 0.717) is 24.2 Å². The summed E-state index contributed by atoms with van der Waals surface area (Å²) in [7, 11) is 0. The molecule has 0 spiro atoms. The number of allylic oxidation sites excluding steroid dienone is 3. The molecule has 0 unspecified atom stereocenters. The Morgan fingerprint density at radius 1 is 1.23 bits per heavy atom. The number of carbonyl (C=O) groups is 2. The molecule has 1 N–H and O–H groups in total. The van der Waals surface area contributed by atoms with E-state index in [1.165, 1.54) is 5.57 Å². The van der Waals surface area contributed by atoms with E-state index in [1.54, 1.807) is 0 Å². The first-order chi connectivity index (χ1) is 14.5. The summed E-state index contributed by atoms with van der Waals surface area (Å²) in [5, 5.41) is 9.95. The van der Waals surface area contributed by atoms with Gasteiger partial charge in [0.05, 0.1) is 17.9 Å². The van der Waals surface area contributed by atoms with Crippen molar-refractivity contribution >= 4 is 11.9 Å². The Balaban J connectivity index is 1.81. The highest BCUT2D eigenvalue weighted by atomic mass is 16.6. The molecule has 5 heteroatoms. The Kier molecular flexibility index (Phi) is 7.35. The molecule has 0 amide bonds. The lowest BCUT2D eigenvalue weighted by Crippen LogP contribution is -2.47. The molecule has 1 saturated heterocycles. The number of esters is 2. The molecule has 0 saturated carbocycles. The van der Waals surface area contributed by atoms with Gasteiger partial charge in [0.1, 0.15) is 12.2 Å². The lowest BCUT2D eigenvalue weighted by molar-refractivity contribution is -0.169. The zero-order valence-corrected chi connectivity index (χ0v) is 20.0. The minimum atomic E-state index is -0.606. The second-order valence-corrected chi connectivity index (χ2v) is 10.7. The van der Waals surface area contributed by atoms with Gasteiger partial charge in [0.25, 0.3) is 0 Å². The fourth-order valence-electron chi connectivity index (χ4n) is 5.24. The van der Waals surface area contributed by atoms with E-state index in [2.05, 4.69) is 39.0 Å². The highest BCUT2D eigenvalue weighted by molar-refractivity contribution is 5.76. The fourth-order valence-corrected chi connectivity index (χ4v) is 5.24. The van der Waals surface area contributed by atoms with Crippen LogP contribution in [0.1, 0.15) is 73.6 Å². The van der Waals surface area contributed by atoms with Gasteiger partial charge < -0.3 is 14.6 Å². The van der Waals surface area contributed by atoms with Crippen molar-refractivity contribution < 1.29 is 24.2 Å². The lowest BCUT2D eigenvalue weighted by Gasteiger charge is -2.46. The zero-order chi connectivity index (χ0) is 22.9. The van der Waals surface area contributed by atoms with Crippen molar-refractivity contribution in [2.45, 2.75) is 92.0 Å². The molecule has 3 rings (SSSR count). The van der Waals surface area contributed by atoms with Crippen molar-refractivity contribution in [1.29, 1.82) is 0 Å². The maximum absolute atomic E-state index is 13.0. The van der Waals surface area contributed by atoms with E-state index < -0.39 is 11.5 Å². The van der Waals surface area contributed by atoms with Gasteiger partial charge in [-0.25, -0.2) is 0 Å². The van der Waals surface area contributed by atoms with Gasteiger partial charge in [-0.1, -0.05) is 45.9 Å². The highest BCUT2D eigenvalue weighted by Gasteiger charge is 2.46. The number of hydrogen-bond donors (Lipinski definition) is 1. The molecule has 0 aromatic heterocycles. The van der Waals surface area contributed by atoms with Crippen molar-refractivity contribution in [1.82, 2.24) is 0 Å². The quantitative estimate of drug-likeness (QED) is 0.609. The van der Waals surface area contributed by atoms with Gasteiger partial charge in [-0.15, -0.1) is 0 Å². The van der Waals surface area contributed by atoms with Crippen LogP contribution in [0.25, 0.3) is 0 Å². The number of fused-ring (bicyclic) bond motifs is 1. The average molecular weight is 433 g/mol. The Hall–Kier alpha value is -1.62. The summed E-state index contributed by atoms with van der Waals surface area (Å²) in [5.41, 5.74) is 0.768. The second kappa shape index (κ2) is 9.48. The van der Waals surface area contributed by atoms with E-state index in [9.17, 15) is 14.7 Å². The average Bonchev–Trinajstić information content (AvgIpc) is 2.70. The van der Waals surface area contributed by atoms with Gasteiger partial charge in [0.2, 0.25) is 0 Å². The summed E-state index contributed by atoms with van der Waals surface area (Å²) in [6.45, 7) is 12.5. The molecule has 0 aromatic rings. The summed E-state index contributed by atoms with van der Waals surface area (Å²) in [5.74, 6) is 0.925. The number of aliphatic hydroxyl groups excluding tert-OH is 1. The first kappa shape index (κ1) is 24.0. The van der Waals surface area contributed by atoms with Gasteiger partial charge in [-0.3, -0.25) is 9.59 Å². The first-order valence-electron chi connectivity index (χ1n) is 12.0. The predicted molar refractivity (Wildman–Crippen MR) is 120 cm³/mol. The van der Waals surface area contributed by atoms with Crippen molar-refractivity contribution in [3.63, 3.8) is 0 Å². The molecule has 174 valence electrons. The highest BCUT2D eigenvalue weighted by Crippen LogP contribution is 2.47. The molecule has 1 heterocycles.